The summed E-state index contributed by atoms with van der Waals surface area (Å²) in [6, 6.07) is 21.3. The molecule has 0 saturated carbocycles. The maximum atomic E-state index is 12.3. The highest BCUT2D eigenvalue weighted by Gasteiger charge is 2.08. The minimum Gasteiger partial charge on any atom is -0.497 e. The zero-order valence-corrected chi connectivity index (χ0v) is 19.0. The second kappa shape index (κ2) is 12.0. The number of nitrogens with one attached hydrogen (secondary N) is 2. The molecule has 3 rings (SSSR count). The van der Waals surface area contributed by atoms with Gasteiger partial charge in [-0.25, -0.2) is 0 Å². The zero-order chi connectivity index (χ0) is 22.8. The van der Waals surface area contributed by atoms with Gasteiger partial charge in [0.2, 0.25) is 0 Å². The third-order valence-corrected chi connectivity index (χ3v) is 5.58. The fraction of sp³-hybridized carbons (Fsp3) is 0.167. The number of rotatable bonds is 10. The Morgan fingerprint density at radius 2 is 1.72 bits per heavy atom. The number of carbonyl (C=O) groups is 2. The van der Waals surface area contributed by atoms with Crippen molar-refractivity contribution in [1.82, 2.24) is 5.32 Å². The van der Waals surface area contributed by atoms with Crippen molar-refractivity contribution in [3.05, 3.63) is 83.4 Å². The van der Waals surface area contributed by atoms with Crippen LogP contribution in [0.25, 0.3) is 0 Å². The van der Waals surface area contributed by atoms with E-state index < -0.39 is 0 Å². The van der Waals surface area contributed by atoms with Gasteiger partial charge < -0.3 is 20.1 Å². The van der Waals surface area contributed by atoms with Gasteiger partial charge in [0.25, 0.3) is 11.8 Å². The van der Waals surface area contributed by atoms with E-state index in [-0.39, 0.29) is 18.4 Å². The predicted octanol–water partition coefficient (Wildman–Crippen LogP) is 4.89. The van der Waals surface area contributed by atoms with Crippen molar-refractivity contribution >= 4 is 40.9 Å². The van der Waals surface area contributed by atoms with Crippen molar-refractivity contribution < 1.29 is 19.1 Å². The van der Waals surface area contributed by atoms with E-state index in [1.165, 1.54) is 0 Å². The molecule has 32 heavy (non-hydrogen) atoms. The minimum atomic E-state index is -0.293. The summed E-state index contributed by atoms with van der Waals surface area (Å²) in [5.41, 5.74) is 1.15. The Morgan fingerprint density at radius 3 is 2.44 bits per heavy atom. The standard InChI is InChI=1S/C24H23ClN2O4S/c1-30-21-4-2-3-19(15-21)27-23(28)16-31-20-9-5-17(6-10-20)24(29)26-13-14-32-22-11-7-18(25)8-12-22/h2-12,15H,13-14,16H2,1H3,(H,26,29)(H,27,28). The predicted molar refractivity (Wildman–Crippen MR) is 128 cm³/mol. The lowest BCUT2D eigenvalue weighted by Gasteiger charge is -2.09. The van der Waals surface area contributed by atoms with Crippen LogP contribution in [0.2, 0.25) is 5.02 Å². The van der Waals surface area contributed by atoms with Crippen molar-refractivity contribution in [2.24, 2.45) is 0 Å². The second-order valence-corrected chi connectivity index (χ2v) is 8.26. The smallest absolute Gasteiger partial charge is 0.262 e. The third-order valence-electron chi connectivity index (χ3n) is 4.31. The van der Waals surface area contributed by atoms with Crippen LogP contribution in [-0.2, 0) is 4.79 Å². The first kappa shape index (κ1) is 23.5. The molecule has 0 aliphatic rings. The van der Waals surface area contributed by atoms with Crippen LogP contribution < -0.4 is 20.1 Å². The van der Waals surface area contributed by atoms with E-state index in [0.29, 0.717) is 34.3 Å². The number of thioether (sulfide) groups is 1. The van der Waals surface area contributed by atoms with Gasteiger partial charge in [0.15, 0.2) is 6.61 Å². The number of amides is 2. The summed E-state index contributed by atoms with van der Waals surface area (Å²) in [5.74, 6) is 1.45. The van der Waals surface area contributed by atoms with Gasteiger partial charge in [-0.3, -0.25) is 9.59 Å². The zero-order valence-electron chi connectivity index (χ0n) is 17.5. The fourth-order valence-electron chi connectivity index (χ4n) is 2.72. The van der Waals surface area contributed by atoms with Crippen molar-refractivity contribution in [2.75, 3.05) is 31.3 Å². The average Bonchev–Trinajstić information content (AvgIpc) is 2.82. The molecule has 2 amide bonds. The topological polar surface area (TPSA) is 76.7 Å². The number of anilines is 1. The summed E-state index contributed by atoms with van der Waals surface area (Å²) < 4.78 is 10.6. The molecule has 2 N–H and O–H groups in total. The Morgan fingerprint density at radius 1 is 0.969 bits per heavy atom. The molecule has 8 heteroatoms. The van der Waals surface area contributed by atoms with Gasteiger partial charge in [0.05, 0.1) is 7.11 Å². The highest BCUT2D eigenvalue weighted by molar-refractivity contribution is 7.99. The minimum absolute atomic E-state index is 0.148. The Balaban J connectivity index is 1.39. The Kier molecular flexibility index (Phi) is 8.83. The molecule has 0 atom stereocenters. The van der Waals surface area contributed by atoms with Crippen molar-refractivity contribution in [1.29, 1.82) is 0 Å². The van der Waals surface area contributed by atoms with E-state index in [2.05, 4.69) is 10.6 Å². The molecule has 0 aromatic heterocycles. The fourth-order valence-corrected chi connectivity index (χ4v) is 3.61. The van der Waals surface area contributed by atoms with Crippen LogP contribution in [0.4, 0.5) is 5.69 Å². The molecule has 6 nitrogen and oxygen atoms in total. The Hall–Kier alpha value is -3.16. The van der Waals surface area contributed by atoms with Gasteiger partial charge in [-0.15, -0.1) is 11.8 Å². The van der Waals surface area contributed by atoms with Gasteiger partial charge in [0, 0.05) is 39.5 Å². The van der Waals surface area contributed by atoms with E-state index in [0.717, 1.165) is 10.6 Å². The first-order valence-corrected chi connectivity index (χ1v) is 11.2. The third kappa shape index (κ3) is 7.51. The molecular formula is C24H23ClN2O4S. The van der Waals surface area contributed by atoms with E-state index in [4.69, 9.17) is 21.1 Å². The summed E-state index contributed by atoms with van der Waals surface area (Å²) in [5, 5.41) is 6.33. The maximum Gasteiger partial charge on any atom is 0.262 e. The molecule has 0 unspecified atom stereocenters. The maximum absolute atomic E-state index is 12.3. The number of hydrogen-bond acceptors (Lipinski definition) is 5. The van der Waals surface area contributed by atoms with E-state index in [1.54, 1.807) is 67.4 Å². The summed E-state index contributed by atoms with van der Waals surface area (Å²) in [7, 11) is 1.56. The first-order valence-electron chi connectivity index (χ1n) is 9.87. The van der Waals surface area contributed by atoms with Crippen LogP contribution >= 0.6 is 23.4 Å². The molecule has 0 spiro atoms. The van der Waals surface area contributed by atoms with Gasteiger partial charge in [-0.2, -0.15) is 0 Å². The van der Waals surface area contributed by atoms with Gasteiger partial charge in [-0.05, 0) is 60.7 Å². The van der Waals surface area contributed by atoms with Crippen molar-refractivity contribution in [3.8, 4) is 11.5 Å². The Labute approximate surface area is 196 Å². The molecule has 0 heterocycles. The van der Waals surface area contributed by atoms with Gasteiger partial charge in [0.1, 0.15) is 11.5 Å². The number of benzene rings is 3. The summed E-state index contributed by atoms with van der Waals surface area (Å²) in [6.07, 6.45) is 0. The number of halogens is 1. The van der Waals surface area contributed by atoms with Gasteiger partial charge >= 0.3 is 0 Å². The summed E-state index contributed by atoms with van der Waals surface area (Å²) in [4.78, 5) is 25.5. The first-order chi connectivity index (χ1) is 15.5. The average molecular weight is 471 g/mol. The van der Waals surface area contributed by atoms with Crippen LogP contribution in [0.3, 0.4) is 0 Å². The number of carbonyl (C=O) groups excluding carboxylic acids is 2. The van der Waals surface area contributed by atoms with Gasteiger partial charge in [-0.1, -0.05) is 17.7 Å². The van der Waals surface area contributed by atoms with Crippen LogP contribution in [0.1, 0.15) is 10.4 Å². The largest absolute Gasteiger partial charge is 0.497 e. The molecular weight excluding hydrogens is 448 g/mol. The number of ether oxygens (including phenoxy) is 2. The van der Waals surface area contributed by atoms with E-state index in [9.17, 15) is 9.59 Å². The lowest BCUT2D eigenvalue weighted by atomic mass is 10.2. The summed E-state index contributed by atoms with van der Waals surface area (Å²) >= 11 is 7.51. The van der Waals surface area contributed by atoms with Crippen molar-refractivity contribution in [2.45, 2.75) is 4.90 Å². The molecule has 0 bridgehead atoms. The molecule has 3 aromatic carbocycles. The van der Waals surface area contributed by atoms with E-state index in [1.807, 2.05) is 24.3 Å². The lowest BCUT2D eigenvalue weighted by molar-refractivity contribution is -0.118. The molecule has 166 valence electrons. The SMILES string of the molecule is COc1cccc(NC(=O)COc2ccc(C(=O)NCCSc3ccc(Cl)cc3)cc2)c1. The van der Waals surface area contributed by atoms with Crippen LogP contribution in [0.15, 0.2) is 77.7 Å². The number of methoxy groups -OCH3 is 1. The molecule has 3 aromatic rings. The Bertz CT molecular complexity index is 1040. The molecule has 0 fully saturated rings. The highest BCUT2D eigenvalue weighted by Crippen LogP contribution is 2.20. The molecule has 0 aliphatic carbocycles. The normalized spacial score (nSPS) is 10.3. The monoisotopic (exact) mass is 470 g/mol. The second-order valence-electron chi connectivity index (χ2n) is 6.65. The van der Waals surface area contributed by atoms with Crippen molar-refractivity contribution in [3.63, 3.8) is 0 Å². The molecule has 0 radical (unpaired) electrons. The molecule has 0 saturated heterocycles. The molecule has 0 aliphatic heterocycles. The van der Waals surface area contributed by atoms with Crippen LogP contribution in [-0.4, -0.2) is 37.8 Å². The highest BCUT2D eigenvalue weighted by atomic mass is 35.5. The number of hydrogen-bond donors (Lipinski definition) is 2. The lowest BCUT2D eigenvalue weighted by Crippen LogP contribution is -2.25. The van der Waals surface area contributed by atoms with Crippen LogP contribution in [0, 0.1) is 0 Å². The summed E-state index contributed by atoms with van der Waals surface area (Å²) in [6.45, 7) is 0.388. The quantitative estimate of drug-likeness (QED) is 0.326. The van der Waals surface area contributed by atoms with Crippen LogP contribution in [0.5, 0.6) is 11.5 Å². The van der Waals surface area contributed by atoms with E-state index >= 15 is 0 Å².